The van der Waals surface area contributed by atoms with Crippen molar-refractivity contribution >= 4 is 35.0 Å². The minimum Gasteiger partial charge on any atom is -0.507 e. The Morgan fingerprint density at radius 3 is 2.26 bits per heavy atom. The Morgan fingerprint density at radius 2 is 1.70 bits per heavy atom. The maximum absolute atomic E-state index is 13.3. The van der Waals surface area contributed by atoms with E-state index in [0.29, 0.717) is 10.6 Å². The van der Waals surface area contributed by atoms with Crippen LogP contribution in [0.15, 0.2) is 54.1 Å². The Labute approximate surface area is 158 Å². The van der Waals surface area contributed by atoms with Crippen LogP contribution in [0.2, 0.25) is 5.02 Å². The number of benzene rings is 2. The second kappa shape index (κ2) is 7.20. The van der Waals surface area contributed by atoms with Gasteiger partial charge in [-0.05, 0) is 42.0 Å². The number of primary amides is 1. The first-order valence-electron chi connectivity index (χ1n) is 7.87. The number of carbonyl (C=O) groups excluding carboxylic acids is 3. The summed E-state index contributed by atoms with van der Waals surface area (Å²) in [7, 11) is 0. The summed E-state index contributed by atoms with van der Waals surface area (Å²) in [5, 5.41) is 11.1. The van der Waals surface area contributed by atoms with Crippen LogP contribution in [0, 0.1) is 5.82 Å². The summed E-state index contributed by atoms with van der Waals surface area (Å²) in [5.74, 6) is -3.69. The average molecular weight is 389 g/mol. The molecule has 1 saturated heterocycles. The van der Waals surface area contributed by atoms with E-state index in [1.165, 1.54) is 36.4 Å². The largest absolute Gasteiger partial charge is 0.507 e. The molecule has 1 atom stereocenters. The molecule has 27 heavy (non-hydrogen) atoms. The summed E-state index contributed by atoms with van der Waals surface area (Å²) in [6.07, 6.45) is 0. The van der Waals surface area contributed by atoms with E-state index in [4.69, 9.17) is 17.3 Å². The molecule has 1 aliphatic rings. The fraction of sp³-hybridized carbons (Fsp3) is 0.105. The van der Waals surface area contributed by atoms with Gasteiger partial charge in [-0.3, -0.25) is 14.4 Å². The molecule has 3 N–H and O–H groups in total. The molecule has 1 unspecified atom stereocenters. The number of amides is 2. The summed E-state index contributed by atoms with van der Waals surface area (Å²) in [6.45, 7) is -0.524. The van der Waals surface area contributed by atoms with Crippen LogP contribution >= 0.6 is 11.6 Å². The molecule has 2 aromatic carbocycles. The van der Waals surface area contributed by atoms with Crippen molar-refractivity contribution in [3.8, 4) is 0 Å². The van der Waals surface area contributed by atoms with Crippen molar-refractivity contribution in [2.75, 3.05) is 6.54 Å². The molecule has 0 saturated carbocycles. The number of nitrogens with zero attached hydrogens (tertiary/aromatic N) is 1. The van der Waals surface area contributed by atoms with Gasteiger partial charge in [0.05, 0.1) is 11.6 Å². The third-order valence-corrected chi connectivity index (χ3v) is 4.42. The van der Waals surface area contributed by atoms with Gasteiger partial charge in [-0.15, -0.1) is 0 Å². The third-order valence-electron chi connectivity index (χ3n) is 4.17. The zero-order valence-corrected chi connectivity index (χ0v) is 14.6. The Hall–Kier alpha value is -3.19. The normalized spacial score (nSPS) is 18.7. The Bertz CT molecular complexity index is 955. The summed E-state index contributed by atoms with van der Waals surface area (Å²) in [5.41, 5.74) is 5.60. The lowest BCUT2D eigenvalue weighted by atomic mass is 9.95. The highest BCUT2D eigenvalue weighted by Crippen LogP contribution is 2.39. The smallest absolute Gasteiger partial charge is 0.296 e. The van der Waals surface area contributed by atoms with Gasteiger partial charge in [-0.1, -0.05) is 23.7 Å². The molecule has 6 nitrogen and oxygen atoms in total. The van der Waals surface area contributed by atoms with Gasteiger partial charge < -0.3 is 15.7 Å². The highest BCUT2D eigenvalue weighted by Gasteiger charge is 2.46. The van der Waals surface area contributed by atoms with Crippen molar-refractivity contribution in [1.82, 2.24) is 4.90 Å². The number of hydrogen-bond donors (Lipinski definition) is 2. The van der Waals surface area contributed by atoms with Crippen LogP contribution in [0.3, 0.4) is 0 Å². The number of halogens is 2. The van der Waals surface area contributed by atoms with E-state index in [2.05, 4.69) is 0 Å². The molecule has 0 aromatic heterocycles. The van der Waals surface area contributed by atoms with Gasteiger partial charge in [0.2, 0.25) is 5.91 Å². The second-order valence-electron chi connectivity index (χ2n) is 5.95. The average Bonchev–Trinajstić information content (AvgIpc) is 2.87. The highest BCUT2D eigenvalue weighted by atomic mass is 35.5. The Balaban J connectivity index is 2.19. The Morgan fingerprint density at radius 1 is 1.11 bits per heavy atom. The maximum atomic E-state index is 13.3. The molecule has 2 aromatic rings. The van der Waals surface area contributed by atoms with Crippen LogP contribution in [0.5, 0.6) is 0 Å². The molecule has 8 heteroatoms. The zero-order valence-electron chi connectivity index (χ0n) is 13.9. The number of likely N-dealkylation sites (tertiary alicyclic amines) is 1. The van der Waals surface area contributed by atoms with Gasteiger partial charge >= 0.3 is 0 Å². The zero-order chi connectivity index (χ0) is 19.7. The van der Waals surface area contributed by atoms with E-state index in [-0.39, 0.29) is 11.1 Å². The van der Waals surface area contributed by atoms with Crippen molar-refractivity contribution in [3.63, 3.8) is 0 Å². The molecule has 0 spiro atoms. The van der Waals surface area contributed by atoms with Gasteiger partial charge in [-0.2, -0.15) is 0 Å². The number of nitrogens with two attached hydrogens (primary N) is 1. The van der Waals surface area contributed by atoms with E-state index in [1.54, 1.807) is 0 Å². The van der Waals surface area contributed by atoms with E-state index in [1.807, 2.05) is 0 Å². The quantitative estimate of drug-likeness (QED) is 0.477. The first-order valence-corrected chi connectivity index (χ1v) is 8.25. The first-order chi connectivity index (χ1) is 12.8. The standard InChI is InChI=1S/C19H14ClFN2O4/c20-12-5-1-11(2-6-12)17(25)15-16(10-3-7-13(21)8-4-10)23(9-14(22)24)19(27)18(15)26/h1-8,16,25H,9H2,(H2,22,24)/b17-15+. The topological polar surface area (TPSA) is 101 Å². The minimum absolute atomic E-state index is 0.213. The molecule has 138 valence electrons. The van der Waals surface area contributed by atoms with Gasteiger partial charge in [0.15, 0.2) is 0 Å². The van der Waals surface area contributed by atoms with Crippen molar-refractivity contribution in [2.24, 2.45) is 5.73 Å². The van der Waals surface area contributed by atoms with Crippen LogP contribution in [0.4, 0.5) is 4.39 Å². The molecule has 0 radical (unpaired) electrons. The molecule has 0 bridgehead atoms. The molecule has 3 rings (SSSR count). The summed E-state index contributed by atoms with van der Waals surface area (Å²) >= 11 is 5.83. The maximum Gasteiger partial charge on any atom is 0.296 e. The van der Waals surface area contributed by atoms with Crippen LogP contribution < -0.4 is 5.73 Å². The van der Waals surface area contributed by atoms with E-state index in [0.717, 1.165) is 17.0 Å². The number of ketones is 1. The van der Waals surface area contributed by atoms with Gasteiger partial charge in [0.1, 0.15) is 18.1 Å². The van der Waals surface area contributed by atoms with Gasteiger partial charge in [0.25, 0.3) is 11.7 Å². The van der Waals surface area contributed by atoms with Crippen LogP contribution in [0.1, 0.15) is 17.2 Å². The Kier molecular flexibility index (Phi) is 4.96. The fourth-order valence-electron chi connectivity index (χ4n) is 2.97. The second-order valence-corrected chi connectivity index (χ2v) is 6.39. The number of hydrogen-bond acceptors (Lipinski definition) is 4. The number of aliphatic hydroxyl groups is 1. The minimum atomic E-state index is -1.08. The summed E-state index contributed by atoms with van der Waals surface area (Å²) in [6, 6.07) is 9.98. The third kappa shape index (κ3) is 3.54. The van der Waals surface area contributed by atoms with Crippen molar-refractivity contribution in [1.29, 1.82) is 0 Å². The fourth-order valence-corrected chi connectivity index (χ4v) is 3.09. The summed E-state index contributed by atoms with van der Waals surface area (Å²) in [4.78, 5) is 37.3. The summed E-state index contributed by atoms with van der Waals surface area (Å²) < 4.78 is 13.3. The molecule has 0 aliphatic carbocycles. The lowest BCUT2D eigenvalue weighted by molar-refractivity contribution is -0.141. The lowest BCUT2D eigenvalue weighted by Gasteiger charge is -2.24. The predicted octanol–water partition coefficient (Wildman–Crippen LogP) is 2.39. The lowest BCUT2D eigenvalue weighted by Crippen LogP contribution is -2.37. The van der Waals surface area contributed by atoms with Crippen molar-refractivity contribution < 1.29 is 23.9 Å². The van der Waals surface area contributed by atoms with Crippen molar-refractivity contribution in [3.05, 3.63) is 76.1 Å². The molecule has 2 amide bonds. The molecule has 1 fully saturated rings. The molecule has 1 heterocycles. The number of Topliss-reactive ketones (excluding diaryl/α,β-unsaturated/α-hetero) is 1. The SMILES string of the molecule is NC(=O)CN1C(=O)C(=O)/C(=C(/O)c2ccc(Cl)cc2)C1c1ccc(F)cc1. The van der Waals surface area contributed by atoms with Crippen LogP contribution in [0.25, 0.3) is 5.76 Å². The first kappa shape index (κ1) is 18.6. The highest BCUT2D eigenvalue weighted by molar-refractivity contribution is 6.47. The molecule has 1 aliphatic heterocycles. The molecular weight excluding hydrogens is 375 g/mol. The van der Waals surface area contributed by atoms with E-state index < -0.39 is 41.8 Å². The number of rotatable bonds is 4. The predicted molar refractivity (Wildman–Crippen MR) is 96.1 cm³/mol. The molecular formula is C19H14ClFN2O4. The number of aliphatic hydroxyl groups excluding tert-OH is 1. The number of carbonyl (C=O) groups is 3. The van der Waals surface area contributed by atoms with Crippen molar-refractivity contribution in [2.45, 2.75) is 6.04 Å². The van der Waals surface area contributed by atoms with Gasteiger partial charge in [-0.25, -0.2) is 4.39 Å². The van der Waals surface area contributed by atoms with Gasteiger partial charge in [0, 0.05) is 10.6 Å². The van der Waals surface area contributed by atoms with Crippen LogP contribution in [-0.2, 0) is 14.4 Å². The van der Waals surface area contributed by atoms with E-state index in [9.17, 15) is 23.9 Å². The van der Waals surface area contributed by atoms with Crippen LogP contribution in [-0.4, -0.2) is 34.1 Å². The van der Waals surface area contributed by atoms with E-state index >= 15 is 0 Å². The monoisotopic (exact) mass is 388 g/mol.